The van der Waals surface area contributed by atoms with Gasteiger partial charge >= 0.3 is 0 Å². The van der Waals surface area contributed by atoms with Crippen LogP contribution in [0.4, 0.5) is 11.4 Å². The number of carbonyl (C=O) groups excluding carboxylic acids is 4. The quantitative estimate of drug-likeness (QED) is 0.270. The number of carbonyl (C=O) groups is 4. The average Bonchev–Trinajstić information content (AvgIpc) is 3.11. The fourth-order valence-corrected chi connectivity index (χ4v) is 4.91. The van der Waals surface area contributed by atoms with Crippen molar-refractivity contribution in [3.05, 3.63) is 52.5 Å². The van der Waals surface area contributed by atoms with Gasteiger partial charge in [0, 0.05) is 36.8 Å². The maximum absolute atomic E-state index is 13.3. The van der Waals surface area contributed by atoms with E-state index in [1.54, 1.807) is 36.4 Å². The second-order valence-corrected chi connectivity index (χ2v) is 11.7. The predicted octanol–water partition coefficient (Wildman–Crippen LogP) is 4.17. The first kappa shape index (κ1) is 29.4. The number of nitrogens with one attached hydrogen (secondary N) is 2. The van der Waals surface area contributed by atoms with E-state index in [-0.39, 0.29) is 24.0 Å². The molecule has 2 aromatic carbocycles. The van der Waals surface area contributed by atoms with Gasteiger partial charge < -0.3 is 20.5 Å². The van der Waals surface area contributed by atoms with Gasteiger partial charge in [0.25, 0.3) is 11.8 Å². The number of hydrogen-bond donors (Lipinski definition) is 3. The van der Waals surface area contributed by atoms with Crippen molar-refractivity contribution in [3.8, 4) is 5.75 Å². The summed E-state index contributed by atoms with van der Waals surface area (Å²) in [6, 6.07) is 9.10. The van der Waals surface area contributed by atoms with Crippen LogP contribution in [0.25, 0.3) is 0 Å². The van der Waals surface area contributed by atoms with Crippen LogP contribution >= 0.6 is 11.6 Å². The molecule has 1 unspecified atom stereocenters. The Kier molecular flexibility index (Phi) is 8.41. The van der Waals surface area contributed by atoms with Crippen molar-refractivity contribution in [1.29, 1.82) is 0 Å². The molecule has 2 aliphatic heterocycles. The van der Waals surface area contributed by atoms with Gasteiger partial charge in [0.15, 0.2) is 0 Å². The number of imide groups is 2. The molecule has 4 amide bonds. The SMILES string of the molecule is CC(C)(CCNc1cccc2c1C(=O)N(C1CCC(=O)NC1=O)C2=O)OCCC(C)(C)Oc1cc(N)ccc1Cl. The topological polar surface area (TPSA) is 140 Å². The lowest BCUT2D eigenvalue weighted by Gasteiger charge is -2.30. The predicted molar refractivity (Wildman–Crippen MR) is 151 cm³/mol. The molecular formula is C29H35ClN4O6. The van der Waals surface area contributed by atoms with E-state index in [1.807, 2.05) is 27.7 Å². The van der Waals surface area contributed by atoms with Crippen LogP contribution in [0.5, 0.6) is 5.75 Å². The zero-order valence-electron chi connectivity index (χ0n) is 23.1. The third kappa shape index (κ3) is 6.56. The van der Waals surface area contributed by atoms with E-state index in [0.29, 0.717) is 48.1 Å². The molecule has 214 valence electrons. The molecule has 0 aliphatic carbocycles. The Morgan fingerprint density at radius 3 is 2.52 bits per heavy atom. The van der Waals surface area contributed by atoms with Gasteiger partial charge in [-0.1, -0.05) is 17.7 Å². The lowest BCUT2D eigenvalue weighted by atomic mass is 10.0. The molecular weight excluding hydrogens is 536 g/mol. The lowest BCUT2D eigenvalue weighted by molar-refractivity contribution is -0.136. The fourth-order valence-electron chi connectivity index (χ4n) is 4.75. The third-order valence-electron chi connectivity index (χ3n) is 7.05. The van der Waals surface area contributed by atoms with Crippen molar-refractivity contribution in [2.24, 2.45) is 0 Å². The summed E-state index contributed by atoms with van der Waals surface area (Å²) in [6.07, 6.45) is 1.40. The summed E-state index contributed by atoms with van der Waals surface area (Å²) in [5, 5.41) is 5.96. The van der Waals surface area contributed by atoms with Crippen LogP contribution in [0, 0.1) is 0 Å². The Hall–Kier alpha value is -3.63. The van der Waals surface area contributed by atoms with Gasteiger partial charge in [-0.05, 0) is 64.8 Å². The molecule has 40 heavy (non-hydrogen) atoms. The highest BCUT2D eigenvalue weighted by Gasteiger charge is 2.45. The van der Waals surface area contributed by atoms with E-state index >= 15 is 0 Å². The number of anilines is 2. The summed E-state index contributed by atoms with van der Waals surface area (Å²) in [5.41, 5.74) is 6.36. The fraction of sp³-hybridized carbons (Fsp3) is 0.448. The molecule has 1 atom stereocenters. The number of nitrogens with zero attached hydrogens (tertiary/aromatic N) is 1. The highest BCUT2D eigenvalue weighted by Crippen LogP contribution is 2.33. The molecule has 0 radical (unpaired) electrons. The summed E-state index contributed by atoms with van der Waals surface area (Å²) in [4.78, 5) is 51.1. The molecule has 2 aliphatic rings. The number of benzene rings is 2. The zero-order chi connectivity index (χ0) is 29.2. The summed E-state index contributed by atoms with van der Waals surface area (Å²) in [6.45, 7) is 8.78. The van der Waals surface area contributed by atoms with Crippen molar-refractivity contribution in [3.63, 3.8) is 0 Å². The Morgan fingerprint density at radius 2 is 1.80 bits per heavy atom. The van der Waals surface area contributed by atoms with Crippen LogP contribution in [-0.4, -0.2) is 58.9 Å². The maximum Gasteiger partial charge on any atom is 0.264 e. The van der Waals surface area contributed by atoms with E-state index in [4.69, 9.17) is 26.8 Å². The van der Waals surface area contributed by atoms with Crippen molar-refractivity contribution in [1.82, 2.24) is 10.2 Å². The van der Waals surface area contributed by atoms with E-state index in [2.05, 4.69) is 10.6 Å². The molecule has 11 heteroatoms. The Labute approximate surface area is 238 Å². The number of nitrogens with two attached hydrogens (primary N) is 1. The molecule has 0 bridgehead atoms. The van der Waals surface area contributed by atoms with E-state index in [0.717, 1.165) is 4.90 Å². The standard InChI is InChI=1S/C29H35ClN4O6/c1-28(2,39-15-13-29(3,4)40-22-16-17(31)8-9-19(22)30)12-14-32-20-7-5-6-18-24(20)27(38)34(26(18)37)21-10-11-23(35)33-25(21)36/h5-9,16,21,32H,10-15,31H2,1-4H3,(H,33,35,36). The molecule has 4 rings (SSSR count). The van der Waals surface area contributed by atoms with Gasteiger partial charge in [0.05, 0.1) is 28.4 Å². The van der Waals surface area contributed by atoms with Crippen molar-refractivity contribution >= 4 is 46.6 Å². The molecule has 0 saturated carbocycles. The summed E-state index contributed by atoms with van der Waals surface area (Å²) in [7, 11) is 0. The minimum absolute atomic E-state index is 0.0714. The van der Waals surface area contributed by atoms with Crippen molar-refractivity contribution in [2.45, 2.75) is 70.6 Å². The number of fused-ring (bicyclic) bond motifs is 1. The smallest absolute Gasteiger partial charge is 0.264 e. The van der Waals surface area contributed by atoms with Crippen LogP contribution in [-0.2, 0) is 14.3 Å². The number of amides is 4. The average molecular weight is 571 g/mol. The van der Waals surface area contributed by atoms with Gasteiger partial charge in [-0.2, -0.15) is 0 Å². The van der Waals surface area contributed by atoms with Gasteiger partial charge in [-0.25, -0.2) is 0 Å². The molecule has 1 fully saturated rings. The Morgan fingerprint density at radius 1 is 1.05 bits per heavy atom. The van der Waals surface area contributed by atoms with Crippen molar-refractivity contribution in [2.75, 3.05) is 24.2 Å². The number of rotatable bonds is 11. The number of nitrogen functional groups attached to an aromatic ring is 1. The minimum Gasteiger partial charge on any atom is -0.486 e. The number of hydrogen-bond acceptors (Lipinski definition) is 8. The second kappa shape index (κ2) is 11.5. The highest BCUT2D eigenvalue weighted by molar-refractivity contribution is 6.32. The summed E-state index contributed by atoms with van der Waals surface area (Å²) >= 11 is 6.24. The second-order valence-electron chi connectivity index (χ2n) is 11.3. The minimum atomic E-state index is -1.01. The van der Waals surface area contributed by atoms with E-state index in [9.17, 15) is 19.2 Å². The van der Waals surface area contributed by atoms with Crippen molar-refractivity contribution < 1.29 is 28.7 Å². The molecule has 2 heterocycles. The number of halogens is 1. The molecule has 10 nitrogen and oxygen atoms in total. The van der Waals surface area contributed by atoms with Gasteiger partial charge in [0.1, 0.15) is 17.4 Å². The maximum atomic E-state index is 13.3. The Balaban J connectivity index is 1.32. The molecule has 0 spiro atoms. The summed E-state index contributed by atoms with van der Waals surface area (Å²) < 4.78 is 12.2. The summed E-state index contributed by atoms with van der Waals surface area (Å²) in [5.74, 6) is -1.60. The molecule has 4 N–H and O–H groups in total. The van der Waals surface area contributed by atoms with Crippen LogP contribution < -0.4 is 21.1 Å². The molecule has 1 saturated heterocycles. The van der Waals surface area contributed by atoms with Crippen LogP contribution in [0.1, 0.15) is 74.1 Å². The van der Waals surface area contributed by atoms with Crippen LogP contribution in [0.3, 0.4) is 0 Å². The first-order valence-electron chi connectivity index (χ1n) is 13.2. The first-order valence-corrected chi connectivity index (χ1v) is 13.6. The number of piperidine rings is 1. The van der Waals surface area contributed by atoms with E-state index in [1.165, 1.54) is 0 Å². The van der Waals surface area contributed by atoms with Crippen LogP contribution in [0.15, 0.2) is 36.4 Å². The highest BCUT2D eigenvalue weighted by atomic mass is 35.5. The number of ether oxygens (including phenoxy) is 2. The largest absolute Gasteiger partial charge is 0.486 e. The van der Waals surface area contributed by atoms with Gasteiger partial charge in [-0.15, -0.1) is 0 Å². The lowest BCUT2D eigenvalue weighted by Crippen LogP contribution is -2.54. The monoisotopic (exact) mass is 570 g/mol. The van der Waals surface area contributed by atoms with E-state index < -0.39 is 40.9 Å². The van der Waals surface area contributed by atoms with Gasteiger partial charge in [0.2, 0.25) is 11.8 Å². The zero-order valence-corrected chi connectivity index (χ0v) is 23.9. The van der Waals surface area contributed by atoms with Crippen LogP contribution in [0.2, 0.25) is 5.02 Å². The Bertz CT molecular complexity index is 1340. The molecule has 0 aromatic heterocycles. The third-order valence-corrected chi connectivity index (χ3v) is 7.36. The normalized spacial score (nSPS) is 17.6. The van der Waals surface area contributed by atoms with Gasteiger partial charge in [-0.3, -0.25) is 29.4 Å². The molecule has 2 aromatic rings. The first-order chi connectivity index (χ1) is 18.8.